The van der Waals surface area contributed by atoms with Crippen LogP contribution in [0.15, 0.2) is 83.3 Å². The van der Waals surface area contributed by atoms with Gasteiger partial charge in [0.1, 0.15) is 11.2 Å². The number of hydrogen-bond acceptors (Lipinski definition) is 1. The summed E-state index contributed by atoms with van der Waals surface area (Å²) in [6.07, 6.45) is 0. The van der Waals surface area contributed by atoms with E-state index >= 15 is 0 Å². The zero-order chi connectivity index (χ0) is 16.1. The van der Waals surface area contributed by atoms with Gasteiger partial charge >= 0.3 is 0 Å². The second-order valence-electron chi connectivity index (χ2n) is 5.95. The molecular weight excluding hydrogens is 316 g/mol. The first-order chi connectivity index (χ1) is 11.8. The molecule has 114 valence electrons. The monoisotopic (exact) mass is 328 g/mol. The van der Waals surface area contributed by atoms with E-state index in [1.54, 1.807) is 0 Å². The van der Waals surface area contributed by atoms with Crippen molar-refractivity contribution >= 4 is 44.3 Å². The van der Waals surface area contributed by atoms with Crippen molar-refractivity contribution < 1.29 is 4.42 Å². The van der Waals surface area contributed by atoms with Crippen LogP contribution in [0, 0.1) is 0 Å². The maximum absolute atomic E-state index is 6.35. The molecule has 0 aliphatic heterocycles. The quantitative estimate of drug-likeness (QED) is 0.321. The molecule has 1 nitrogen and oxygen atoms in total. The molecule has 0 bridgehead atoms. The van der Waals surface area contributed by atoms with Crippen LogP contribution >= 0.6 is 11.6 Å². The van der Waals surface area contributed by atoms with Crippen molar-refractivity contribution in [3.8, 4) is 11.1 Å². The molecule has 0 aliphatic carbocycles. The lowest BCUT2D eigenvalue weighted by Gasteiger charge is -2.06. The number of rotatable bonds is 1. The van der Waals surface area contributed by atoms with E-state index in [4.69, 9.17) is 16.0 Å². The maximum Gasteiger partial charge on any atom is 0.136 e. The predicted octanol–water partition coefficient (Wildman–Crippen LogP) is 7.06. The van der Waals surface area contributed by atoms with Crippen LogP contribution in [0.3, 0.4) is 0 Å². The lowest BCUT2D eigenvalue weighted by Crippen LogP contribution is -1.81. The van der Waals surface area contributed by atoms with Gasteiger partial charge in [-0.05, 0) is 46.2 Å². The molecule has 0 radical (unpaired) electrons. The Balaban J connectivity index is 1.81. The average molecular weight is 329 g/mol. The normalized spacial score (nSPS) is 11.5. The smallest absolute Gasteiger partial charge is 0.136 e. The molecule has 0 amide bonds. The second kappa shape index (κ2) is 5.12. The van der Waals surface area contributed by atoms with Crippen LogP contribution in [0.5, 0.6) is 0 Å². The van der Waals surface area contributed by atoms with E-state index in [1.165, 1.54) is 16.3 Å². The highest BCUT2D eigenvalue weighted by Crippen LogP contribution is 2.37. The minimum Gasteiger partial charge on any atom is -0.456 e. The summed E-state index contributed by atoms with van der Waals surface area (Å²) >= 11 is 6.35. The van der Waals surface area contributed by atoms with Gasteiger partial charge in [-0.3, -0.25) is 0 Å². The van der Waals surface area contributed by atoms with E-state index in [1.807, 2.05) is 18.2 Å². The first kappa shape index (κ1) is 13.6. The highest BCUT2D eigenvalue weighted by Gasteiger charge is 2.11. The van der Waals surface area contributed by atoms with Crippen LogP contribution in [-0.2, 0) is 0 Å². The van der Waals surface area contributed by atoms with Gasteiger partial charge in [0.2, 0.25) is 0 Å². The fourth-order valence-electron chi connectivity index (χ4n) is 3.43. The van der Waals surface area contributed by atoms with Crippen molar-refractivity contribution in [2.24, 2.45) is 0 Å². The molecule has 0 unspecified atom stereocenters. The maximum atomic E-state index is 6.35. The number of benzene rings is 4. The highest BCUT2D eigenvalue weighted by molar-refractivity contribution is 6.37. The van der Waals surface area contributed by atoms with Crippen molar-refractivity contribution in [2.45, 2.75) is 0 Å². The molecule has 0 saturated heterocycles. The number of halogens is 1. The van der Waals surface area contributed by atoms with Gasteiger partial charge in [-0.15, -0.1) is 0 Å². The summed E-state index contributed by atoms with van der Waals surface area (Å²) < 4.78 is 6.02. The average Bonchev–Trinajstić information content (AvgIpc) is 3.00. The molecule has 0 atom stereocenters. The van der Waals surface area contributed by atoms with Gasteiger partial charge in [0.15, 0.2) is 0 Å². The molecule has 0 N–H and O–H groups in total. The Morgan fingerprint density at radius 2 is 1.50 bits per heavy atom. The van der Waals surface area contributed by atoms with Crippen LogP contribution in [0.25, 0.3) is 43.8 Å². The van der Waals surface area contributed by atoms with Crippen LogP contribution in [0.4, 0.5) is 0 Å². The van der Waals surface area contributed by atoms with Gasteiger partial charge in [0.25, 0.3) is 0 Å². The number of hydrogen-bond donors (Lipinski definition) is 0. The summed E-state index contributed by atoms with van der Waals surface area (Å²) in [4.78, 5) is 0. The third kappa shape index (κ3) is 1.95. The molecule has 24 heavy (non-hydrogen) atoms. The lowest BCUT2D eigenvalue weighted by atomic mass is 9.97. The van der Waals surface area contributed by atoms with Crippen molar-refractivity contribution in [2.75, 3.05) is 0 Å². The molecule has 5 rings (SSSR count). The first-order valence-electron chi connectivity index (χ1n) is 7.90. The van der Waals surface area contributed by atoms with E-state index in [0.29, 0.717) is 0 Å². The van der Waals surface area contributed by atoms with Crippen molar-refractivity contribution in [1.82, 2.24) is 0 Å². The van der Waals surface area contributed by atoms with Crippen LogP contribution in [-0.4, -0.2) is 0 Å². The highest BCUT2D eigenvalue weighted by atomic mass is 35.5. The topological polar surface area (TPSA) is 13.1 Å². The zero-order valence-electron chi connectivity index (χ0n) is 12.8. The molecule has 4 aromatic carbocycles. The molecule has 0 spiro atoms. The summed E-state index contributed by atoms with van der Waals surface area (Å²) in [7, 11) is 0. The fourth-order valence-corrected chi connectivity index (χ4v) is 3.69. The van der Waals surface area contributed by atoms with Crippen molar-refractivity contribution in [3.05, 3.63) is 83.9 Å². The van der Waals surface area contributed by atoms with Gasteiger partial charge in [-0.25, -0.2) is 0 Å². The molecule has 0 fully saturated rings. The Hall–Kier alpha value is -2.77. The number of fused-ring (bicyclic) bond motifs is 4. The summed E-state index contributed by atoms with van der Waals surface area (Å²) in [5.41, 5.74) is 4.05. The van der Waals surface area contributed by atoms with Gasteiger partial charge in [-0.1, -0.05) is 66.2 Å². The second-order valence-corrected chi connectivity index (χ2v) is 6.36. The summed E-state index contributed by atoms with van der Waals surface area (Å²) in [6, 6.07) is 26.9. The Morgan fingerprint density at radius 3 is 2.46 bits per heavy atom. The van der Waals surface area contributed by atoms with E-state index in [9.17, 15) is 0 Å². The third-order valence-electron chi connectivity index (χ3n) is 4.55. The van der Waals surface area contributed by atoms with Gasteiger partial charge in [0.05, 0.1) is 5.02 Å². The van der Waals surface area contributed by atoms with Gasteiger partial charge in [-0.2, -0.15) is 0 Å². The molecule has 0 saturated carbocycles. The molecule has 2 heteroatoms. The predicted molar refractivity (Wildman–Crippen MR) is 102 cm³/mol. The molecule has 5 aromatic rings. The first-order valence-corrected chi connectivity index (χ1v) is 8.28. The minimum atomic E-state index is 0.726. The van der Waals surface area contributed by atoms with Crippen LogP contribution in [0.2, 0.25) is 5.02 Å². The summed E-state index contributed by atoms with van der Waals surface area (Å²) in [5, 5.41) is 5.25. The summed E-state index contributed by atoms with van der Waals surface area (Å²) in [5.74, 6) is 0. The van der Waals surface area contributed by atoms with E-state index < -0.39 is 0 Å². The SMILES string of the molecule is Clc1cccc2oc3cc(-c4cccc5ccccc45)ccc3c12. The standard InChI is InChI=1S/C22H13ClO/c23-19-9-4-10-20-22(19)18-12-11-15(13-21(18)24-20)17-8-3-6-14-5-1-2-7-16(14)17/h1-13H. The van der Waals surface area contributed by atoms with E-state index in [-0.39, 0.29) is 0 Å². The zero-order valence-corrected chi connectivity index (χ0v) is 13.5. The summed E-state index contributed by atoms with van der Waals surface area (Å²) in [6.45, 7) is 0. The lowest BCUT2D eigenvalue weighted by molar-refractivity contribution is 0.669. The Bertz CT molecular complexity index is 1210. The van der Waals surface area contributed by atoms with Crippen LogP contribution < -0.4 is 0 Å². The van der Waals surface area contributed by atoms with Gasteiger partial charge < -0.3 is 4.42 Å². The molecular formula is C22H13ClO. The van der Waals surface area contributed by atoms with Crippen molar-refractivity contribution in [1.29, 1.82) is 0 Å². The fraction of sp³-hybridized carbons (Fsp3) is 0. The Labute approximate surface area is 144 Å². The van der Waals surface area contributed by atoms with Gasteiger partial charge in [0, 0.05) is 10.8 Å². The Kier molecular flexibility index (Phi) is 2.91. The minimum absolute atomic E-state index is 0.726. The molecule has 1 heterocycles. The number of furan rings is 1. The van der Waals surface area contributed by atoms with E-state index in [0.717, 1.165) is 32.5 Å². The van der Waals surface area contributed by atoms with Crippen molar-refractivity contribution in [3.63, 3.8) is 0 Å². The van der Waals surface area contributed by atoms with E-state index in [2.05, 4.69) is 60.7 Å². The Morgan fingerprint density at radius 1 is 0.667 bits per heavy atom. The molecule has 0 aliphatic rings. The third-order valence-corrected chi connectivity index (χ3v) is 4.86. The van der Waals surface area contributed by atoms with Crippen LogP contribution in [0.1, 0.15) is 0 Å². The largest absolute Gasteiger partial charge is 0.456 e. The molecule has 1 aromatic heterocycles.